The average Bonchev–Trinajstić information content (AvgIpc) is 3.13. The predicted octanol–water partition coefficient (Wildman–Crippen LogP) is 3.64. The van der Waals surface area contributed by atoms with Gasteiger partial charge in [-0.1, -0.05) is 0 Å². The molecule has 0 spiro atoms. The lowest BCUT2D eigenvalue weighted by molar-refractivity contribution is 0.402. The second-order valence-electron chi connectivity index (χ2n) is 5.19. The van der Waals surface area contributed by atoms with Gasteiger partial charge < -0.3 is 18.5 Å². The van der Waals surface area contributed by atoms with E-state index in [1.54, 1.807) is 20.4 Å². The summed E-state index contributed by atoms with van der Waals surface area (Å²) in [7, 11) is 3.25. The number of aromatic nitrogens is 3. The standard InChI is InChI=1S/C17H19N3O3.ClH/c1-11-15(10-20-8-7-18-12(20)2)19-17(23-11)14-9-13(21-3)5-6-16(14)22-4;/h5-9H,10H2,1-4H3;1H. The average molecular weight is 350 g/mol. The molecule has 128 valence electrons. The van der Waals surface area contributed by atoms with Crippen molar-refractivity contribution in [2.24, 2.45) is 0 Å². The Hall–Kier alpha value is -2.47. The van der Waals surface area contributed by atoms with E-state index in [-0.39, 0.29) is 12.4 Å². The van der Waals surface area contributed by atoms with Crippen molar-refractivity contribution in [2.75, 3.05) is 14.2 Å². The van der Waals surface area contributed by atoms with Crippen LogP contribution in [0, 0.1) is 13.8 Å². The summed E-state index contributed by atoms with van der Waals surface area (Å²) in [6.07, 6.45) is 3.70. The molecule has 0 radical (unpaired) electrons. The molecule has 24 heavy (non-hydrogen) atoms. The lowest BCUT2D eigenvalue weighted by atomic mass is 10.2. The third kappa shape index (κ3) is 3.38. The lowest BCUT2D eigenvalue weighted by Crippen LogP contribution is -2.02. The zero-order valence-corrected chi connectivity index (χ0v) is 14.9. The first-order chi connectivity index (χ1) is 11.1. The first kappa shape index (κ1) is 17.9. The number of imidazole rings is 1. The number of nitrogens with zero attached hydrogens (tertiary/aromatic N) is 3. The highest BCUT2D eigenvalue weighted by Crippen LogP contribution is 2.33. The Morgan fingerprint density at radius 3 is 2.58 bits per heavy atom. The van der Waals surface area contributed by atoms with Gasteiger partial charge in [-0.25, -0.2) is 9.97 Å². The molecule has 0 amide bonds. The molecule has 1 aromatic carbocycles. The van der Waals surface area contributed by atoms with Gasteiger partial charge in [-0.15, -0.1) is 12.4 Å². The van der Waals surface area contributed by atoms with Crippen LogP contribution in [0.1, 0.15) is 17.3 Å². The van der Waals surface area contributed by atoms with Crippen LogP contribution in [0.4, 0.5) is 0 Å². The third-order valence-electron chi connectivity index (χ3n) is 3.77. The van der Waals surface area contributed by atoms with Crippen LogP contribution >= 0.6 is 12.4 Å². The van der Waals surface area contributed by atoms with Crippen molar-refractivity contribution in [3.05, 3.63) is 47.9 Å². The van der Waals surface area contributed by atoms with Crippen LogP contribution in [-0.2, 0) is 6.54 Å². The topological polar surface area (TPSA) is 62.3 Å². The normalized spacial score (nSPS) is 10.3. The molecule has 0 aliphatic rings. The van der Waals surface area contributed by atoms with Crippen molar-refractivity contribution < 1.29 is 13.9 Å². The number of hydrogen-bond acceptors (Lipinski definition) is 5. The van der Waals surface area contributed by atoms with Gasteiger partial charge in [0.25, 0.3) is 0 Å². The Bertz CT molecular complexity index is 826. The van der Waals surface area contributed by atoms with Gasteiger partial charge in [0.15, 0.2) is 0 Å². The van der Waals surface area contributed by atoms with Gasteiger partial charge in [0.2, 0.25) is 5.89 Å². The minimum atomic E-state index is 0. The molecule has 0 aliphatic heterocycles. The monoisotopic (exact) mass is 349 g/mol. The van der Waals surface area contributed by atoms with Crippen LogP contribution in [0.15, 0.2) is 35.0 Å². The highest BCUT2D eigenvalue weighted by Gasteiger charge is 2.17. The zero-order valence-electron chi connectivity index (χ0n) is 14.1. The molecule has 7 heteroatoms. The summed E-state index contributed by atoms with van der Waals surface area (Å²) in [4.78, 5) is 8.85. The number of methoxy groups -OCH3 is 2. The minimum absolute atomic E-state index is 0. The van der Waals surface area contributed by atoms with E-state index in [1.807, 2.05) is 42.8 Å². The maximum Gasteiger partial charge on any atom is 0.230 e. The molecule has 0 aliphatic carbocycles. The molecular formula is C17H20ClN3O3. The number of halogens is 1. The molecule has 3 rings (SSSR count). The number of benzene rings is 1. The molecule has 0 fully saturated rings. The lowest BCUT2D eigenvalue weighted by Gasteiger charge is -2.07. The summed E-state index contributed by atoms with van der Waals surface area (Å²) in [5.41, 5.74) is 1.63. The van der Waals surface area contributed by atoms with Crippen molar-refractivity contribution >= 4 is 12.4 Å². The number of rotatable bonds is 5. The first-order valence-corrected chi connectivity index (χ1v) is 7.28. The minimum Gasteiger partial charge on any atom is -0.497 e. The van der Waals surface area contributed by atoms with Crippen molar-refractivity contribution in [1.82, 2.24) is 14.5 Å². The van der Waals surface area contributed by atoms with Crippen LogP contribution in [0.5, 0.6) is 11.5 Å². The summed E-state index contributed by atoms with van der Waals surface area (Å²) in [6.45, 7) is 4.49. The Morgan fingerprint density at radius 1 is 1.17 bits per heavy atom. The molecule has 0 bridgehead atoms. The van der Waals surface area contributed by atoms with Crippen molar-refractivity contribution in [3.8, 4) is 23.0 Å². The van der Waals surface area contributed by atoms with E-state index in [9.17, 15) is 0 Å². The molecule has 2 heterocycles. The van der Waals surface area contributed by atoms with Gasteiger partial charge in [0.1, 0.15) is 28.8 Å². The maximum atomic E-state index is 5.85. The molecule has 0 saturated carbocycles. The van der Waals surface area contributed by atoms with Gasteiger partial charge >= 0.3 is 0 Å². The van der Waals surface area contributed by atoms with Gasteiger partial charge in [-0.3, -0.25) is 0 Å². The smallest absolute Gasteiger partial charge is 0.230 e. The molecule has 0 N–H and O–H groups in total. The fraction of sp³-hybridized carbons (Fsp3) is 0.294. The number of ether oxygens (including phenoxy) is 2. The van der Waals surface area contributed by atoms with E-state index in [4.69, 9.17) is 13.9 Å². The van der Waals surface area contributed by atoms with E-state index in [0.717, 1.165) is 28.6 Å². The fourth-order valence-corrected chi connectivity index (χ4v) is 2.40. The quantitative estimate of drug-likeness (QED) is 0.703. The zero-order chi connectivity index (χ0) is 16.4. The maximum absolute atomic E-state index is 5.85. The Kier molecular flexibility index (Phi) is 5.51. The number of hydrogen-bond donors (Lipinski definition) is 0. The largest absolute Gasteiger partial charge is 0.497 e. The summed E-state index contributed by atoms with van der Waals surface area (Å²) >= 11 is 0. The third-order valence-corrected chi connectivity index (χ3v) is 3.77. The Balaban J connectivity index is 0.00000208. The SMILES string of the molecule is COc1ccc(OC)c(-c2nc(Cn3ccnc3C)c(C)o2)c1.Cl. The summed E-state index contributed by atoms with van der Waals surface area (Å²) in [6, 6.07) is 5.54. The number of oxazole rings is 1. The van der Waals surface area contributed by atoms with Gasteiger partial charge in [-0.2, -0.15) is 0 Å². The van der Waals surface area contributed by atoms with E-state index >= 15 is 0 Å². The second kappa shape index (κ2) is 7.40. The Morgan fingerprint density at radius 2 is 1.96 bits per heavy atom. The van der Waals surface area contributed by atoms with Gasteiger partial charge in [0.05, 0.1) is 26.3 Å². The fourth-order valence-electron chi connectivity index (χ4n) is 2.40. The highest BCUT2D eigenvalue weighted by atomic mass is 35.5. The van der Waals surface area contributed by atoms with Gasteiger partial charge in [0, 0.05) is 12.4 Å². The molecule has 0 atom stereocenters. The van der Waals surface area contributed by atoms with Crippen molar-refractivity contribution in [1.29, 1.82) is 0 Å². The van der Waals surface area contributed by atoms with Crippen LogP contribution in [-0.4, -0.2) is 28.8 Å². The molecular weight excluding hydrogens is 330 g/mol. The van der Waals surface area contributed by atoms with Crippen molar-refractivity contribution in [3.63, 3.8) is 0 Å². The molecule has 0 saturated heterocycles. The predicted molar refractivity (Wildman–Crippen MR) is 93.1 cm³/mol. The van der Waals surface area contributed by atoms with Crippen molar-refractivity contribution in [2.45, 2.75) is 20.4 Å². The van der Waals surface area contributed by atoms with E-state index < -0.39 is 0 Å². The van der Waals surface area contributed by atoms with Gasteiger partial charge in [-0.05, 0) is 32.0 Å². The second-order valence-corrected chi connectivity index (χ2v) is 5.19. The highest BCUT2D eigenvalue weighted by molar-refractivity contribution is 5.85. The van der Waals surface area contributed by atoms with Crippen LogP contribution < -0.4 is 9.47 Å². The molecule has 3 aromatic rings. The molecule has 0 unspecified atom stereocenters. The van der Waals surface area contributed by atoms with E-state index in [1.165, 1.54) is 0 Å². The Labute approximate surface area is 146 Å². The summed E-state index contributed by atoms with van der Waals surface area (Å²) in [5, 5.41) is 0. The van der Waals surface area contributed by atoms with Crippen LogP contribution in [0.3, 0.4) is 0 Å². The van der Waals surface area contributed by atoms with Crippen LogP contribution in [0.2, 0.25) is 0 Å². The summed E-state index contributed by atoms with van der Waals surface area (Å²) in [5.74, 6) is 3.65. The molecule has 6 nitrogen and oxygen atoms in total. The number of aryl methyl sites for hydroxylation is 2. The molecule has 2 aromatic heterocycles. The first-order valence-electron chi connectivity index (χ1n) is 7.28. The van der Waals surface area contributed by atoms with E-state index in [2.05, 4.69) is 9.97 Å². The van der Waals surface area contributed by atoms with Crippen LogP contribution in [0.25, 0.3) is 11.5 Å². The van der Waals surface area contributed by atoms with E-state index in [0.29, 0.717) is 18.2 Å². The summed E-state index contributed by atoms with van der Waals surface area (Å²) < 4.78 is 18.6.